The van der Waals surface area contributed by atoms with Crippen molar-refractivity contribution in [2.75, 3.05) is 0 Å². The molecule has 0 N–H and O–H groups in total. The minimum Gasteiger partial charge on any atom is -0.228 e. The van der Waals surface area contributed by atoms with E-state index >= 15 is 0 Å². The summed E-state index contributed by atoms with van der Waals surface area (Å²) in [5.74, 6) is 0.686. The van der Waals surface area contributed by atoms with Crippen LogP contribution in [0.4, 0.5) is 0 Å². The monoisotopic (exact) mass is 816 g/mol. The van der Waals surface area contributed by atoms with Crippen LogP contribution in [0.15, 0.2) is 231 Å². The average Bonchev–Trinajstić information content (AvgIpc) is 3.67. The van der Waals surface area contributed by atoms with Gasteiger partial charge >= 0.3 is 0 Å². The fourth-order valence-electron chi connectivity index (χ4n) is 10.8. The van der Waals surface area contributed by atoms with Gasteiger partial charge in [-0.2, -0.15) is 0 Å². The van der Waals surface area contributed by atoms with Crippen molar-refractivity contribution in [2.45, 2.75) is 24.7 Å². The summed E-state index contributed by atoms with van der Waals surface area (Å²) >= 11 is 0. The number of hydrogen-bond donors (Lipinski definition) is 0. The molecule has 9 aromatic carbocycles. The molecule has 0 unspecified atom stereocenters. The Morgan fingerprint density at radius 3 is 1.25 bits per heavy atom. The number of hydrogen-bond acceptors (Lipinski definition) is 2. The van der Waals surface area contributed by atoms with E-state index in [1.165, 1.54) is 61.2 Å². The summed E-state index contributed by atoms with van der Waals surface area (Å²) in [7, 11) is 0. The van der Waals surface area contributed by atoms with Crippen LogP contribution in [0.5, 0.6) is 0 Å². The van der Waals surface area contributed by atoms with Crippen LogP contribution < -0.4 is 0 Å². The van der Waals surface area contributed by atoms with Gasteiger partial charge in [-0.05, 0) is 102 Å². The first kappa shape index (κ1) is 37.8. The minimum atomic E-state index is -0.461. The molecular weight excluding hydrogens is 773 g/mol. The molecule has 0 aliphatic heterocycles. The maximum absolute atomic E-state index is 5.38. The highest BCUT2D eigenvalue weighted by Gasteiger charge is 2.53. The Kier molecular flexibility index (Phi) is 8.77. The Morgan fingerprint density at radius 1 is 0.281 bits per heavy atom. The molecular formula is C62H44N2. The van der Waals surface area contributed by atoms with Gasteiger partial charge in [-0.3, -0.25) is 0 Å². The molecule has 1 spiro atoms. The zero-order chi connectivity index (χ0) is 42.8. The van der Waals surface area contributed by atoms with Crippen LogP contribution in [0.1, 0.15) is 47.2 Å². The van der Waals surface area contributed by atoms with Gasteiger partial charge in [0.25, 0.3) is 0 Å². The lowest BCUT2D eigenvalue weighted by atomic mass is 9.55. The summed E-state index contributed by atoms with van der Waals surface area (Å²) in [6.07, 6.45) is 0. The third kappa shape index (κ3) is 5.87. The summed E-state index contributed by atoms with van der Waals surface area (Å²) in [5, 5.41) is 0. The molecule has 0 saturated heterocycles. The fourth-order valence-corrected chi connectivity index (χ4v) is 10.8. The molecule has 302 valence electrons. The Bertz CT molecular complexity index is 3270. The van der Waals surface area contributed by atoms with Crippen molar-refractivity contribution in [1.29, 1.82) is 0 Å². The van der Waals surface area contributed by atoms with Crippen molar-refractivity contribution in [3.8, 4) is 78.4 Å². The van der Waals surface area contributed by atoms with Gasteiger partial charge < -0.3 is 0 Å². The SMILES string of the molecule is CC1(C)c2ccccc2C2(c3ccccc3-c3c(-c4cccc(-c5nc(-c6cccc(-c7ccccc7)c6)cc(-c6cccc(-c7ccccc7)c6)n5)c4)cccc32)c2ccccc21. The van der Waals surface area contributed by atoms with Gasteiger partial charge in [-0.1, -0.05) is 220 Å². The smallest absolute Gasteiger partial charge is 0.160 e. The molecule has 0 bridgehead atoms. The second-order valence-electron chi connectivity index (χ2n) is 17.7. The molecule has 2 aliphatic carbocycles. The number of benzene rings is 9. The Balaban J connectivity index is 1.04. The van der Waals surface area contributed by atoms with Crippen molar-refractivity contribution >= 4 is 0 Å². The number of rotatable bonds is 6. The minimum absolute atomic E-state index is 0.152. The molecule has 2 nitrogen and oxygen atoms in total. The summed E-state index contributed by atoms with van der Waals surface area (Å²) in [6.45, 7) is 4.76. The van der Waals surface area contributed by atoms with Crippen LogP contribution in [0.2, 0.25) is 0 Å². The molecule has 0 fully saturated rings. The summed E-state index contributed by atoms with van der Waals surface area (Å²) in [6, 6.07) is 83.8. The van der Waals surface area contributed by atoms with Crippen molar-refractivity contribution in [1.82, 2.24) is 9.97 Å². The Morgan fingerprint density at radius 2 is 0.672 bits per heavy atom. The highest BCUT2D eigenvalue weighted by atomic mass is 14.9. The highest BCUT2D eigenvalue weighted by molar-refractivity contribution is 5.97. The van der Waals surface area contributed by atoms with Crippen LogP contribution in [0.3, 0.4) is 0 Å². The van der Waals surface area contributed by atoms with Gasteiger partial charge in [0.15, 0.2) is 5.82 Å². The van der Waals surface area contributed by atoms with Gasteiger partial charge in [0.1, 0.15) is 0 Å². The first-order valence-corrected chi connectivity index (χ1v) is 22.2. The molecule has 0 amide bonds. The molecule has 1 aromatic heterocycles. The van der Waals surface area contributed by atoms with E-state index in [9.17, 15) is 0 Å². The molecule has 0 radical (unpaired) electrons. The second kappa shape index (κ2) is 14.9. The van der Waals surface area contributed by atoms with E-state index in [1.807, 2.05) is 0 Å². The van der Waals surface area contributed by atoms with Gasteiger partial charge in [0.2, 0.25) is 0 Å². The van der Waals surface area contributed by atoms with E-state index in [0.717, 1.165) is 44.8 Å². The van der Waals surface area contributed by atoms with Gasteiger partial charge in [0.05, 0.1) is 16.8 Å². The fraction of sp³-hybridized carbons (Fsp3) is 0.0645. The summed E-state index contributed by atoms with van der Waals surface area (Å²) < 4.78 is 0. The Hall–Kier alpha value is -7.94. The summed E-state index contributed by atoms with van der Waals surface area (Å²) in [5.41, 5.74) is 21.9. The lowest BCUT2D eigenvalue weighted by Gasteiger charge is -2.46. The van der Waals surface area contributed by atoms with Gasteiger partial charge in [-0.25, -0.2) is 9.97 Å². The van der Waals surface area contributed by atoms with Crippen molar-refractivity contribution in [3.05, 3.63) is 264 Å². The van der Waals surface area contributed by atoms with Crippen LogP contribution in [-0.2, 0) is 10.8 Å². The van der Waals surface area contributed by atoms with Crippen LogP contribution >= 0.6 is 0 Å². The first-order chi connectivity index (χ1) is 31.5. The molecule has 1 heterocycles. The van der Waals surface area contributed by atoms with Crippen LogP contribution in [-0.4, -0.2) is 9.97 Å². The zero-order valence-electron chi connectivity index (χ0n) is 35.8. The molecule has 12 rings (SSSR count). The lowest BCUT2D eigenvalue weighted by Crippen LogP contribution is -2.40. The van der Waals surface area contributed by atoms with E-state index in [0.29, 0.717) is 5.82 Å². The summed E-state index contributed by atoms with van der Waals surface area (Å²) in [4.78, 5) is 10.8. The molecule has 0 saturated carbocycles. The van der Waals surface area contributed by atoms with Crippen molar-refractivity contribution in [2.24, 2.45) is 0 Å². The number of fused-ring (bicyclic) bond motifs is 9. The molecule has 10 aromatic rings. The van der Waals surface area contributed by atoms with Crippen molar-refractivity contribution < 1.29 is 0 Å². The highest BCUT2D eigenvalue weighted by Crippen LogP contribution is 2.63. The topological polar surface area (TPSA) is 25.8 Å². The quantitative estimate of drug-likeness (QED) is 0.167. The maximum atomic E-state index is 5.38. The van der Waals surface area contributed by atoms with Crippen LogP contribution in [0, 0.1) is 0 Å². The third-order valence-electron chi connectivity index (χ3n) is 13.8. The largest absolute Gasteiger partial charge is 0.228 e. The van der Waals surface area contributed by atoms with Crippen LogP contribution in [0.25, 0.3) is 78.4 Å². The first-order valence-electron chi connectivity index (χ1n) is 22.2. The molecule has 2 heteroatoms. The molecule has 64 heavy (non-hydrogen) atoms. The van der Waals surface area contributed by atoms with Gasteiger partial charge in [-0.15, -0.1) is 0 Å². The zero-order valence-corrected chi connectivity index (χ0v) is 35.8. The average molecular weight is 817 g/mol. The standard InChI is InChI=1S/C62H44N2/c1-61(2)52-32-11-13-34-54(52)62(55-35-14-12-33-53(55)61)51-31-10-9-29-50(51)59-49(30-18-36-56(59)62)45-25-17-28-48(39-45)60-63-57(46-26-15-23-43(37-46)41-19-5-3-6-20-41)40-58(64-60)47-27-16-24-44(38-47)42-21-7-4-8-22-42/h3-40H,1-2H3. The van der Waals surface area contributed by atoms with Crippen molar-refractivity contribution in [3.63, 3.8) is 0 Å². The lowest BCUT2D eigenvalue weighted by molar-refractivity contribution is 0.563. The predicted octanol–water partition coefficient (Wildman–Crippen LogP) is 15.5. The molecule has 0 atom stereocenters. The third-order valence-corrected chi connectivity index (χ3v) is 13.8. The predicted molar refractivity (Wildman–Crippen MR) is 264 cm³/mol. The molecule has 2 aliphatic rings. The number of aromatic nitrogens is 2. The second-order valence-corrected chi connectivity index (χ2v) is 17.7. The Labute approximate surface area is 375 Å². The normalized spacial score (nSPS) is 13.7. The van der Waals surface area contributed by atoms with E-state index in [2.05, 4.69) is 244 Å². The number of nitrogens with zero attached hydrogens (tertiary/aromatic N) is 2. The maximum Gasteiger partial charge on any atom is 0.160 e. The van der Waals surface area contributed by atoms with E-state index < -0.39 is 5.41 Å². The van der Waals surface area contributed by atoms with E-state index in [-0.39, 0.29) is 5.41 Å². The van der Waals surface area contributed by atoms with E-state index in [1.54, 1.807) is 0 Å². The van der Waals surface area contributed by atoms with E-state index in [4.69, 9.17) is 9.97 Å². The van der Waals surface area contributed by atoms with Gasteiger partial charge in [0, 0.05) is 22.1 Å².